The number of amides is 2. The van der Waals surface area contributed by atoms with Gasteiger partial charge in [0, 0.05) is 43.7 Å². The van der Waals surface area contributed by atoms with Crippen molar-refractivity contribution in [3.63, 3.8) is 0 Å². The van der Waals surface area contributed by atoms with Crippen molar-refractivity contribution in [2.45, 2.75) is 58.7 Å². The predicted octanol–water partition coefficient (Wildman–Crippen LogP) is 5.41. The molecule has 0 spiro atoms. The van der Waals surface area contributed by atoms with Crippen LogP contribution in [-0.2, 0) is 6.54 Å². The van der Waals surface area contributed by atoms with Gasteiger partial charge in [-0.05, 0) is 23.5 Å². The van der Waals surface area contributed by atoms with Gasteiger partial charge in [0.1, 0.15) is 24.2 Å². The summed E-state index contributed by atoms with van der Waals surface area (Å²) in [6.45, 7) is 5.61. The summed E-state index contributed by atoms with van der Waals surface area (Å²) in [6.07, 6.45) is 3.05. The van der Waals surface area contributed by atoms with E-state index in [1.54, 1.807) is 6.20 Å². The monoisotopic (exact) mass is 489 g/mol. The number of carbonyl (C=O) groups is 1. The number of alkyl halides is 1. The number of benzene rings is 1. The number of hydrogen-bond acceptors (Lipinski definition) is 3. The molecule has 35 heavy (non-hydrogen) atoms. The Labute approximate surface area is 204 Å². The third kappa shape index (κ3) is 6.54. The Morgan fingerprint density at radius 3 is 2.49 bits per heavy atom. The second-order valence-electron chi connectivity index (χ2n) is 10.0. The van der Waals surface area contributed by atoms with Crippen LogP contribution in [0.2, 0.25) is 0 Å². The molecule has 1 aromatic heterocycles. The summed E-state index contributed by atoms with van der Waals surface area (Å²) in [7, 11) is 0. The van der Waals surface area contributed by atoms with E-state index >= 15 is 0 Å². The Hall–Kier alpha value is -3.07. The first-order valence-electron chi connectivity index (χ1n) is 11.7. The molecule has 1 aliphatic rings. The van der Waals surface area contributed by atoms with Crippen LogP contribution < -0.4 is 11.5 Å². The highest BCUT2D eigenvalue weighted by Gasteiger charge is 2.38. The van der Waals surface area contributed by atoms with Gasteiger partial charge in [0.2, 0.25) is 0 Å². The van der Waals surface area contributed by atoms with Crippen molar-refractivity contribution in [2.75, 3.05) is 13.2 Å². The molecule has 2 atom stereocenters. The number of aromatic nitrogens is 2. The van der Waals surface area contributed by atoms with E-state index in [0.29, 0.717) is 12.4 Å². The third-order valence-corrected chi connectivity index (χ3v) is 6.05. The Morgan fingerprint density at radius 2 is 1.89 bits per heavy atom. The lowest BCUT2D eigenvalue weighted by atomic mass is 9.84. The van der Waals surface area contributed by atoms with Crippen LogP contribution in [-0.4, -0.2) is 39.7 Å². The zero-order valence-corrected chi connectivity index (χ0v) is 20.5. The molecule has 190 valence electrons. The minimum Gasteiger partial charge on any atom is -0.351 e. The maximum absolute atomic E-state index is 14.7. The average molecular weight is 490 g/mol. The molecule has 0 saturated heterocycles. The van der Waals surface area contributed by atoms with E-state index in [1.165, 1.54) is 11.0 Å². The second-order valence-corrected chi connectivity index (χ2v) is 10.0. The van der Waals surface area contributed by atoms with Crippen molar-refractivity contribution in [2.24, 2.45) is 16.9 Å². The van der Waals surface area contributed by atoms with Gasteiger partial charge in [-0.25, -0.2) is 22.9 Å². The molecule has 0 radical (unpaired) electrons. The summed E-state index contributed by atoms with van der Waals surface area (Å²) in [5.41, 5.74) is 12.3. The van der Waals surface area contributed by atoms with Gasteiger partial charge < -0.3 is 20.9 Å². The molecule has 6 nitrogen and oxygen atoms in total. The van der Waals surface area contributed by atoms with Crippen molar-refractivity contribution in [1.29, 1.82) is 0 Å². The number of halogens is 3. The minimum atomic E-state index is -0.730. The summed E-state index contributed by atoms with van der Waals surface area (Å²) in [4.78, 5) is 18.8. The van der Waals surface area contributed by atoms with Gasteiger partial charge in [-0.1, -0.05) is 51.1 Å². The summed E-state index contributed by atoms with van der Waals surface area (Å²) >= 11 is 0. The Kier molecular flexibility index (Phi) is 8.43. The Balaban J connectivity index is 2.14. The molecule has 1 aromatic carbocycles. The molecule has 0 aliphatic heterocycles. The van der Waals surface area contributed by atoms with Gasteiger partial charge >= 0.3 is 6.03 Å². The fourth-order valence-corrected chi connectivity index (χ4v) is 4.31. The number of hydrogen-bond donors (Lipinski definition) is 2. The van der Waals surface area contributed by atoms with Gasteiger partial charge in [0.15, 0.2) is 0 Å². The molecule has 9 heteroatoms. The molecule has 0 unspecified atom stereocenters. The summed E-state index contributed by atoms with van der Waals surface area (Å²) in [6, 6.07) is 7.55. The smallest absolute Gasteiger partial charge is 0.315 e. The van der Waals surface area contributed by atoms with E-state index in [9.17, 15) is 18.0 Å². The molecule has 0 bridgehead atoms. The molecule has 2 amide bonds. The van der Waals surface area contributed by atoms with Crippen molar-refractivity contribution in [3.05, 3.63) is 71.3 Å². The zero-order valence-electron chi connectivity index (χ0n) is 20.5. The van der Waals surface area contributed by atoms with E-state index in [1.807, 2.05) is 55.7 Å². The maximum atomic E-state index is 14.7. The molecular formula is C26H34F3N5O. The number of primary amides is 1. The minimum absolute atomic E-state index is 0.0157. The van der Waals surface area contributed by atoms with Gasteiger partial charge in [-0.15, -0.1) is 0 Å². The second kappa shape index (κ2) is 11.1. The number of carbonyl (C=O) groups excluding carboxylic acids is 1. The van der Waals surface area contributed by atoms with Crippen LogP contribution in [0.4, 0.5) is 18.0 Å². The lowest BCUT2D eigenvalue weighted by Crippen LogP contribution is -2.46. The molecule has 1 heterocycles. The van der Waals surface area contributed by atoms with E-state index in [0.717, 1.165) is 5.56 Å². The van der Waals surface area contributed by atoms with Crippen LogP contribution in [0.1, 0.15) is 63.2 Å². The Bertz CT molecular complexity index is 1090. The normalized spacial score (nSPS) is 16.1. The highest BCUT2D eigenvalue weighted by molar-refractivity contribution is 5.75. The first-order chi connectivity index (χ1) is 16.5. The zero-order chi connectivity index (χ0) is 25.8. The van der Waals surface area contributed by atoms with Gasteiger partial charge in [-0.3, -0.25) is 0 Å². The van der Waals surface area contributed by atoms with Crippen LogP contribution in [0.15, 0.2) is 54.3 Å². The van der Waals surface area contributed by atoms with E-state index in [2.05, 4.69) is 0 Å². The Morgan fingerprint density at radius 1 is 1.20 bits per heavy atom. The molecule has 4 N–H and O–H groups in total. The number of rotatable bonds is 9. The standard InChI is InChI=1S/C26H34F3N5O/c1-26(2,3)23(34(25(31)35)12-11-19(30)14-27)24-32-22(20-13-18(28)9-10-21(20)29)16-33(24)15-17-7-5-4-6-8-17/h4-8,13,16,19,23H,9-12,14-15,30H2,1-3H3,(H2,31,35)/t19-,23-/m0/s1. The van der Waals surface area contributed by atoms with E-state index < -0.39 is 41.9 Å². The van der Waals surface area contributed by atoms with E-state index in [-0.39, 0.29) is 37.1 Å². The number of nitrogens with zero attached hydrogens (tertiary/aromatic N) is 3. The number of allylic oxidation sites excluding steroid dienone is 4. The highest BCUT2D eigenvalue weighted by Crippen LogP contribution is 2.40. The van der Waals surface area contributed by atoms with Crippen LogP contribution >= 0.6 is 0 Å². The van der Waals surface area contributed by atoms with Crippen LogP contribution in [0.5, 0.6) is 0 Å². The summed E-state index contributed by atoms with van der Waals surface area (Å²) in [5.74, 6) is -0.370. The third-order valence-electron chi connectivity index (χ3n) is 6.05. The predicted molar refractivity (Wildman–Crippen MR) is 131 cm³/mol. The lowest BCUT2D eigenvalue weighted by Gasteiger charge is -2.39. The topological polar surface area (TPSA) is 90.2 Å². The lowest BCUT2D eigenvalue weighted by molar-refractivity contribution is 0.111. The van der Waals surface area contributed by atoms with Gasteiger partial charge in [0.25, 0.3) is 0 Å². The van der Waals surface area contributed by atoms with Crippen molar-refractivity contribution < 1.29 is 18.0 Å². The van der Waals surface area contributed by atoms with Crippen molar-refractivity contribution >= 4 is 11.6 Å². The highest BCUT2D eigenvalue weighted by atomic mass is 19.1. The quantitative estimate of drug-likeness (QED) is 0.493. The first kappa shape index (κ1) is 26.5. The average Bonchev–Trinajstić information content (AvgIpc) is 3.20. The van der Waals surface area contributed by atoms with Crippen molar-refractivity contribution in [3.8, 4) is 0 Å². The van der Waals surface area contributed by atoms with E-state index in [4.69, 9.17) is 16.5 Å². The number of imidazole rings is 1. The summed E-state index contributed by atoms with van der Waals surface area (Å²) < 4.78 is 43.6. The molecule has 3 rings (SSSR count). The van der Waals surface area contributed by atoms with Gasteiger partial charge in [-0.2, -0.15) is 0 Å². The fraction of sp³-hybridized carbons (Fsp3) is 0.462. The molecule has 1 aliphatic carbocycles. The van der Waals surface area contributed by atoms with Gasteiger partial charge in [0.05, 0.1) is 11.7 Å². The SMILES string of the molecule is CC(C)(C)[C@H](c1nc(C2=C(F)CCC(F)=C2)cn1Cc1ccccc1)N(CC[C@H](N)CF)C(N)=O. The molecular weight excluding hydrogens is 455 g/mol. The summed E-state index contributed by atoms with van der Waals surface area (Å²) in [5, 5.41) is 0. The molecule has 0 saturated carbocycles. The van der Waals surface area contributed by atoms with Crippen LogP contribution in [0, 0.1) is 5.41 Å². The fourth-order valence-electron chi connectivity index (χ4n) is 4.31. The maximum Gasteiger partial charge on any atom is 0.315 e. The number of nitrogens with two attached hydrogens (primary N) is 2. The first-order valence-corrected chi connectivity index (χ1v) is 11.7. The van der Waals surface area contributed by atoms with Crippen LogP contribution in [0.3, 0.4) is 0 Å². The van der Waals surface area contributed by atoms with Crippen LogP contribution in [0.25, 0.3) is 5.57 Å². The number of urea groups is 1. The molecule has 0 fully saturated rings. The van der Waals surface area contributed by atoms with Crippen molar-refractivity contribution in [1.82, 2.24) is 14.5 Å². The molecule has 2 aromatic rings. The largest absolute Gasteiger partial charge is 0.351 e.